The molecule has 3 heteroatoms. The Morgan fingerprint density at radius 3 is 2.87 bits per heavy atom. The van der Waals surface area contributed by atoms with Crippen LogP contribution < -0.4 is 4.74 Å². The molecule has 0 amide bonds. The topological polar surface area (TPSA) is 22.1 Å². The molecule has 0 saturated heterocycles. The van der Waals surface area contributed by atoms with E-state index in [-0.39, 0.29) is 0 Å². The first-order valence-corrected chi connectivity index (χ1v) is 5.39. The van der Waals surface area contributed by atoms with E-state index in [0.29, 0.717) is 0 Å². The summed E-state index contributed by atoms with van der Waals surface area (Å²) in [7, 11) is 0. The molecule has 15 heavy (non-hydrogen) atoms. The number of ether oxygens (including phenoxy) is 1. The summed E-state index contributed by atoms with van der Waals surface area (Å²) in [6.45, 7) is 2.03. The molecule has 1 heterocycles. The Balaban J connectivity index is 2.28. The predicted molar refractivity (Wildman–Crippen MR) is 63.2 cm³/mol. The van der Waals surface area contributed by atoms with Crippen LogP contribution in [0.1, 0.15) is 5.56 Å². The molecule has 1 aromatic carbocycles. The fourth-order valence-corrected chi connectivity index (χ4v) is 1.55. The Bertz CT molecular complexity index is 456. The van der Waals surface area contributed by atoms with Crippen molar-refractivity contribution in [2.75, 3.05) is 0 Å². The van der Waals surface area contributed by atoms with Crippen molar-refractivity contribution in [1.82, 2.24) is 4.98 Å². The highest BCUT2D eigenvalue weighted by Gasteiger charge is 2.02. The van der Waals surface area contributed by atoms with Crippen LogP contribution >= 0.6 is 15.9 Å². The zero-order valence-electron chi connectivity index (χ0n) is 8.27. The van der Waals surface area contributed by atoms with Gasteiger partial charge in [-0.2, -0.15) is 0 Å². The SMILES string of the molecule is Cc1ccc(Br)c(Oc2cccnc2)c1. The summed E-state index contributed by atoms with van der Waals surface area (Å²) < 4.78 is 6.62. The molecule has 0 bridgehead atoms. The van der Waals surface area contributed by atoms with Gasteiger partial charge < -0.3 is 4.74 Å². The Morgan fingerprint density at radius 2 is 2.13 bits per heavy atom. The second-order valence-corrected chi connectivity index (χ2v) is 4.08. The van der Waals surface area contributed by atoms with Crippen molar-refractivity contribution in [2.45, 2.75) is 6.92 Å². The average Bonchev–Trinajstić information content (AvgIpc) is 2.25. The summed E-state index contributed by atoms with van der Waals surface area (Å²) in [5, 5.41) is 0. The molecule has 76 valence electrons. The van der Waals surface area contributed by atoms with E-state index in [1.54, 1.807) is 12.4 Å². The minimum atomic E-state index is 0.740. The van der Waals surface area contributed by atoms with Crippen molar-refractivity contribution >= 4 is 15.9 Å². The Kier molecular flexibility index (Phi) is 3.02. The van der Waals surface area contributed by atoms with Gasteiger partial charge in [0, 0.05) is 6.20 Å². The second kappa shape index (κ2) is 4.45. The quantitative estimate of drug-likeness (QED) is 0.819. The first kappa shape index (κ1) is 10.2. The minimum absolute atomic E-state index is 0.740. The Morgan fingerprint density at radius 1 is 1.27 bits per heavy atom. The number of rotatable bonds is 2. The van der Waals surface area contributed by atoms with Gasteiger partial charge in [-0.1, -0.05) is 6.07 Å². The monoisotopic (exact) mass is 263 g/mol. The number of pyridine rings is 1. The molecule has 0 fully saturated rings. The standard InChI is InChI=1S/C12H10BrNO/c1-9-4-5-11(13)12(7-9)15-10-3-2-6-14-8-10/h2-8H,1H3. The number of aromatic nitrogens is 1. The normalized spacial score (nSPS) is 10.0. The van der Waals surface area contributed by atoms with Gasteiger partial charge in [0.05, 0.1) is 10.7 Å². The third-order valence-electron chi connectivity index (χ3n) is 1.95. The van der Waals surface area contributed by atoms with Crippen LogP contribution in [0, 0.1) is 6.92 Å². The molecule has 2 nitrogen and oxygen atoms in total. The van der Waals surface area contributed by atoms with Gasteiger partial charge in [0.25, 0.3) is 0 Å². The molecule has 0 unspecified atom stereocenters. The maximum absolute atomic E-state index is 5.68. The molecule has 2 aromatic rings. The highest BCUT2D eigenvalue weighted by atomic mass is 79.9. The van der Waals surface area contributed by atoms with Crippen molar-refractivity contribution in [2.24, 2.45) is 0 Å². The van der Waals surface area contributed by atoms with Crippen LogP contribution in [-0.4, -0.2) is 4.98 Å². The first-order valence-electron chi connectivity index (χ1n) is 4.60. The third-order valence-corrected chi connectivity index (χ3v) is 2.60. The minimum Gasteiger partial charge on any atom is -0.455 e. The number of nitrogens with zero attached hydrogens (tertiary/aromatic N) is 1. The molecule has 0 aliphatic rings. The van der Waals surface area contributed by atoms with Crippen molar-refractivity contribution < 1.29 is 4.74 Å². The van der Waals surface area contributed by atoms with Gasteiger partial charge in [0.2, 0.25) is 0 Å². The van der Waals surface area contributed by atoms with Crippen LogP contribution in [-0.2, 0) is 0 Å². The number of hydrogen-bond acceptors (Lipinski definition) is 2. The number of benzene rings is 1. The van der Waals surface area contributed by atoms with E-state index < -0.39 is 0 Å². The van der Waals surface area contributed by atoms with Gasteiger partial charge in [-0.15, -0.1) is 0 Å². The van der Waals surface area contributed by atoms with Crippen molar-refractivity contribution in [3.05, 3.63) is 52.8 Å². The number of aryl methyl sites for hydroxylation is 1. The lowest BCUT2D eigenvalue weighted by atomic mass is 10.2. The van der Waals surface area contributed by atoms with E-state index in [2.05, 4.69) is 20.9 Å². The van der Waals surface area contributed by atoms with E-state index in [1.165, 1.54) is 0 Å². The van der Waals surface area contributed by atoms with Gasteiger partial charge >= 0.3 is 0 Å². The van der Waals surface area contributed by atoms with Gasteiger partial charge in [-0.05, 0) is 52.7 Å². The summed E-state index contributed by atoms with van der Waals surface area (Å²) in [6.07, 6.45) is 3.41. The molecule has 0 spiro atoms. The fourth-order valence-electron chi connectivity index (χ4n) is 1.22. The van der Waals surface area contributed by atoms with Gasteiger partial charge in [0.15, 0.2) is 0 Å². The fraction of sp³-hybridized carbons (Fsp3) is 0.0833. The van der Waals surface area contributed by atoms with E-state index in [9.17, 15) is 0 Å². The lowest BCUT2D eigenvalue weighted by molar-refractivity contribution is 0.477. The number of hydrogen-bond donors (Lipinski definition) is 0. The van der Waals surface area contributed by atoms with Crippen LogP contribution in [0.2, 0.25) is 0 Å². The zero-order chi connectivity index (χ0) is 10.7. The Hall–Kier alpha value is -1.35. The highest BCUT2D eigenvalue weighted by Crippen LogP contribution is 2.29. The molecule has 0 radical (unpaired) electrons. The zero-order valence-corrected chi connectivity index (χ0v) is 9.86. The molecular weight excluding hydrogens is 254 g/mol. The molecule has 2 rings (SSSR count). The third kappa shape index (κ3) is 2.57. The van der Waals surface area contributed by atoms with E-state index in [4.69, 9.17) is 4.74 Å². The summed E-state index contributed by atoms with van der Waals surface area (Å²) in [5.74, 6) is 1.55. The lowest BCUT2D eigenvalue weighted by Crippen LogP contribution is -1.86. The Labute approximate surface area is 97.1 Å². The van der Waals surface area contributed by atoms with Crippen LogP contribution in [0.5, 0.6) is 11.5 Å². The summed E-state index contributed by atoms with van der Waals surface area (Å²) in [4.78, 5) is 3.99. The smallest absolute Gasteiger partial charge is 0.145 e. The van der Waals surface area contributed by atoms with E-state index >= 15 is 0 Å². The first-order chi connectivity index (χ1) is 7.25. The summed E-state index contributed by atoms with van der Waals surface area (Å²) in [5.41, 5.74) is 1.16. The van der Waals surface area contributed by atoms with Crippen LogP contribution in [0.25, 0.3) is 0 Å². The molecule has 0 aliphatic carbocycles. The summed E-state index contributed by atoms with van der Waals surface area (Å²) >= 11 is 3.44. The predicted octanol–water partition coefficient (Wildman–Crippen LogP) is 3.94. The van der Waals surface area contributed by atoms with Gasteiger partial charge in [0.1, 0.15) is 11.5 Å². The van der Waals surface area contributed by atoms with Crippen LogP contribution in [0.4, 0.5) is 0 Å². The van der Waals surface area contributed by atoms with Crippen molar-refractivity contribution in [3.8, 4) is 11.5 Å². The van der Waals surface area contributed by atoms with E-state index in [1.807, 2.05) is 37.3 Å². The molecule has 0 N–H and O–H groups in total. The molecule has 1 aromatic heterocycles. The van der Waals surface area contributed by atoms with Crippen LogP contribution in [0.15, 0.2) is 47.2 Å². The summed E-state index contributed by atoms with van der Waals surface area (Å²) in [6, 6.07) is 9.71. The van der Waals surface area contributed by atoms with Gasteiger partial charge in [-0.25, -0.2) is 0 Å². The van der Waals surface area contributed by atoms with Crippen molar-refractivity contribution in [3.63, 3.8) is 0 Å². The maximum atomic E-state index is 5.68. The maximum Gasteiger partial charge on any atom is 0.145 e. The van der Waals surface area contributed by atoms with E-state index in [0.717, 1.165) is 21.5 Å². The highest BCUT2D eigenvalue weighted by molar-refractivity contribution is 9.10. The van der Waals surface area contributed by atoms with Gasteiger partial charge in [-0.3, -0.25) is 4.98 Å². The van der Waals surface area contributed by atoms with Crippen molar-refractivity contribution in [1.29, 1.82) is 0 Å². The second-order valence-electron chi connectivity index (χ2n) is 3.22. The number of halogens is 1. The molecular formula is C12H10BrNO. The lowest BCUT2D eigenvalue weighted by Gasteiger charge is -2.07. The van der Waals surface area contributed by atoms with Crippen LogP contribution in [0.3, 0.4) is 0 Å². The molecule has 0 saturated carbocycles. The molecule has 0 aliphatic heterocycles. The average molecular weight is 264 g/mol. The molecule has 0 atom stereocenters. The largest absolute Gasteiger partial charge is 0.455 e.